The Bertz CT molecular complexity index is 1020. The molecule has 1 saturated heterocycles. The lowest BCUT2D eigenvalue weighted by Crippen LogP contribution is -2.44. The van der Waals surface area contributed by atoms with Crippen molar-refractivity contribution in [2.24, 2.45) is 4.99 Å². The van der Waals surface area contributed by atoms with Crippen LogP contribution in [0.25, 0.3) is 10.8 Å². The van der Waals surface area contributed by atoms with Gasteiger partial charge in [-0.1, -0.05) is 11.8 Å². The lowest BCUT2D eigenvalue weighted by molar-refractivity contribution is -0.0955. The molecule has 2 aromatic heterocycles. The van der Waals surface area contributed by atoms with Crippen molar-refractivity contribution in [3.63, 3.8) is 0 Å². The van der Waals surface area contributed by atoms with Gasteiger partial charge in [0, 0.05) is 17.6 Å². The van der Waals surface area contributed by atoms with E-state index in [2.05, 4.69) is 15.3 Å². The van der Waals surface area contributed by atoms with Gasteiger partial charge in [-0.25, -0.2) is 4.99 Å². The SMILES string of the molecule is CSC1=Nc2c3c(nc(=O)cc(C)c3cn2C2O[C@H](CO)[C@@H](O)[C@]2(C)O)N1. The summed E-state index contributed by atoms with van der Waals surface area (Å²) in [5, 5.41) is 35.6. The number of aryl methyl sites for hydroxylation is 1. The highest BCUT2D eigenvalue weighted by Crippen LogP contribution is 2.45. The fraction of sp³-hybridized carbons (Fsp3) is 0.471. The van der Waals surface area contributed by atoms with Crippen LogP contribution in [0.5, 0.6) is 0 Å². The summed E-state index contributed by atoms with van der Waals surface area (Å²) in [6.45, 7) is 2.83. The van der Waals surface area contributed by atoms with Gasteiger partial charge in [0.2, 0.25) is 0 Å². The van der Waals surface area contributed by atoms with E-state index in [1.807, 2.05) is 6.26 Å². The molecule has 4 heterocycles. The first kappa shape index (κ1) is 18.4. The van der Waals surface area contributed by atoms with Crippen LogP contribution in [0.3, 0.4) is 0 Å². The number of anilines is 1. The Morgan fingerprint density at radius 2 is 2.22 bits per heavy atom. The standard InChI is InChI=1S/C17H20N4O5S/c1-7-4-10(23)18-13-11-8(7)5-21(14(11)20-16(19-13)27-3)15-17(2,25)12(24)9(6-22)26-15/h4-5,9,12,15,22,24-25H,6H2,1-3H3,(H,18,19,20,23)/t9-,12-,15?,17+/m1/s1. The zero-order valence-corrected chi connectivity index (χ0v) is 15.8. The van der Waals surface area contributed by atoms with Crippen molar-refractivity contribution in [1.82, 2.24) is 9.55 Å². The first-order valence-electron chi connectivity index (χ1n) is 8.41. The molecule has 0 radical (unpaired) electrons. The highest BCUT2D eigenvalue weighted by atomic mass is 32.2. The van der Waals surface area contributed by atoms with Crippen molar-refractivity contribution in [1.29, 1.82) is 0 Å². The minimum atomic E-state index is -1.65. The van der Waals surface area contributed by atoms with Crippen LogP contribution in [0.2, 0.25) is 0 Å². The number of thioether (sulfide) groups is 1. The molecule has 2 aliphatic heterocycles. The lowest BCUT2D eigenvalue weighted by Gasteiger charge is -2.28. The summed E-state index contributed by atoms with van der Waals surface area (Å²) in [4.78, 5) is 20.7. The van der Waals surface area contributed by atoms with Gasteiger partial charge in [-0.15, -0.1) is 0 Å². The normalized spacial score (nSPS) is 29.7. The molecular weight excluding hydrogens is 372 g/mol. The van der Waals surface area contributed by atoms with Crippen LogP contribution in [0.1, 0.15) is 18.7 Å². The monoisotopic (exact) mass is 392 g/mol. The molecule has 10 heteroatoms. The number of aliphatic imine (C=N–C) groups is 1. The van der Waals surface area contributed by atoms with Crippen LogP contribution in [0.4, 0.5) is 11.6 Å². The molecule has 0 saturated carbocycles. The highest BCUT2D eigenvalue weighted by Gasteiger charge is 2.53. The molecule has 0 aromatic carbocycles. The first-order valence-corrected chi connectivity index (χ1v) is 9.63. The summed E-state index contributed by atoms with van der Waals surface area (Å²) in [7, 11) is 0. The summed E-state index contributed by atoms with van der Waals surface area (Å²) in [6.07, 6.45) is 0.406. The van der Waals surface area contributed by atoms with E-state index < -0.39 is 30.6 Å². The molecule has 0 amide bonds. The summed E-state index contributed by atoms with van der Waals surface area (Å²) >= 11 is 1.35. The molecule has 1 unspecified atom stereocenters. The van der Waals surface area contributed by atoms with Crippen LogP contribution in [-0.4, -0.2) is 60.7 Å². The van der Waals surface area contributed by atoms with E-state index in [0.717, 1.165) is 5.39 Å². The fourth-order valence-corrected chi connectivity index (χ4v) is 3.98. The van der Waals surface area contributed by atoms with Crippen molar-refractivity contribution in [2.45, 2.75) is 37.9 Å². The van der Waals surface area contributed by atoms with E-state index in [1.165, 1.54) is 24.8 Å². The predicted octanol–water partition coefficient (Wildman–Crippen LogP) is 0.483. The smallest absolute Gasteiger partial charge is 0.271 e. The van der Waals surface area contributed by atoms with Crippen molar-refractivity contribution in [3.05, 3.63) is 28.2 Å². The first-order chi connectivity index (χ1) is 12.8. The van der Waals surface area contributed by atoms with Crippen LogP contribution in [-0.2, 0) is 4.74 Å². The minimum absolute atomic E-state index is 0.370. The van der Waals surface area contributed by atoms with Crippen LogP contribution in [0, 0.1) is 6.92 Å². The Morgan fingerprint density at radius 1 is 1.48 bits per heavy atom. The highest BCUT2D eigenvalue weighted by molar-refractivity contribution is 8.13. The molecule has 1 fully saturated rings. The van der Waals surface area contributed by atoms with Gasteiger partial charge in [0.1, 0.15) is 29.4 Å². The molecule has 2 aromatic rings. The number of ether oxygens (including phenoxy) is 1. The molecule has 2 aliphatic rings. The van der Waals surface area contributed by atoms with Crippen LogP contribution in [0.15, 0.2) is 22.1 Å². The van der Waals surface area contributed by atoms with E-state index in [4.69, 9.17) is 4.74 Å². The van der Waals surface area contributed by atoms with Crippen LogP contribution < -0.4 is 10.9 Å². The third-order valence-electron chi connectivity index (χ3n) is 5.04. The number of aromatic nitrogens is 2. The zero-order chi connectivity index (χ0) is 19.5. The molecule has 0 aliphatic carbocycles. The third kappa shape index (κ3) is 2.67. The van der Waals surface area contributed by atoms with Gasteiger partial charge in [-0.2, -0.15) is 4.98 Å². The van der Waals surface area contributed by atoms with Gasteiger partial charge in [0.15, 0.2) is 11.4 Å². The zero-order valence-electron chi connectivity index (χ0n) is 15.0. The van der Waals surface area contributed by atoms with E-state index in [1.54, 1.807) is 17.7 Å². The van der Waals surface area contributed by atoms with Crippen molar-refractivity contribution in [3.8, 4) is 0 Å². The molecule has 0 spiro atoms. The Morgan fingerprint density at radius 3 is 2.85 bits per heavy atom. The van der Waals surface area contributed by atoms with E-state index in [0.29, 0.717) is 27.8 Å². The maximum atomic E-state index is 12.0. The van der Waals surface area contributed by atoms with Crippen molar-refractivity contribution < 1.29 is 20.1 Å². The predicted molar refractivity (Wildman–Crippen MR) is 103 cm³/mol. The Labute approximate surface area is 158 Å². The maximum Gasteiger partial charge on any atom is 0.271 e. The molecule has 4 N–H and O–H groups in total. The number of hydrogen-bond acceptors (Lipinski definition) is 9. The second-order valence-electron chi connectivity index (χ2n) is 6.90. The molecule has 4 atom stereocenters. The maximum absolute atomic E-state index is 12.0. The van der Waals surface area contributed by atoms with Gasteiger partial charge in [0.25, 0.3) is 5.56 Å². The number of aliphatic hydroxyl groups is 3. The summed E-state index contributed by atoms with van der Waals surface area (Å²) in [5.74, 6) is 0.846. The van der Waals surface area contributed by atoms with Gasteiger partial charge < -0.3 is 29.9 Å². The topological polar surface area (TPSA) is 129 Å². The largest absolute Gasteiger partial charge is 0.394 e. The molecule has 144 valence electrons. The number of hydrogen-bond donors (Lipinski definition) is 4. The van der Waals surface area contributed by atoms with Gasteiger partial charge >= 0.3 is 0 Å². The average Bonchev–Trinajstić information content (AvgIpc) is 3.06. The van der Waals surface area contributed by atoms with E-state index >= 15 is 0 Å². The second kappa shape index (κ2) is 6.28. The van der Waals surface area contributed by atoms with Crippen LogP contribution >= 0.6 is 11.8 Å². The Hall–Kier alpha value is -1.98. The van der Waals surface area contributed by atoms with Crippen molar-refractivity contribution >= 4 is 39.3 Å². The molecule has 9 nitrogen and oxygen atoms in total. The molecular formula is C17H20N4O5S. The number of rotatable bonds is 2. The molecule has 27 heavy (non-hydrogen) atoms. The quantitative estimate of drug-likeness (QED) is 0.581. The van der Waals surface area contributed by atoms with Crippen molar-refractivity contribution in [2.75, 3.05) is 18.2 Å². The number of nitrogens with zero attached hydrogens (tertiary/aromatic N) is 3. The summed E-state index contributed by atoms with van der Waals surface area (Å²) in [5.41, 5.74) is -1.31. The molecule has 0 bridgehead atoms. The second-order valence-corrected chi connectivity index (χ2v) is 7.70. The number of nitrogens with one attached hydrogen (secondary N) is 1. The molecule has 4 rings (SSSR count). The van der Waals surface area contributed by atoms with Gasteiger partial charge in [-0.05, 0) is 25.7 Å². The Kier molecular flexibility index (Phi) is 4.28. The van der Waals surface area contributed by atoms with Gasteiger partial charge in [0.05, 0.1) is 12.0 Å². The summed E-state index contributed by atoms with van der Waals surface area (Å²) < 4.78 is 7.38. The van der Waals surface area contributed by atoms with Gasteiger partial charge in [-0.3, -0.25) is 4.79 Å². The fourth-order valence-electron chi connectivity index (χ4n) is 3.60. The average molecular weight is 392 g/mol. The van der Waals surface area contributed by atoms with E-state index in [-0.39, 0.29) is 5.56 Å². The third-order valence-corrected chi connectivity index (χ3v) is 5.62. The van der Waals surface area contributed by atoms with E-state index in [9.17, 15) is 20.1 Å². The minimum Gasteiger partial charge on any atom is -0.394 e. The lowest BCUT2D eigenvalue weighted by atomic mass is 9.96. The number of amidine groups is 1. The number of aliphatic hydroxyl groups excluding tert-OH is 2. The Balaban J connectivity index is 2.01. The summed E-state index contributed by atoms with van der Waals surface area (Å²) in [6, 6.07) is 1.44.